The number of carboxylic acid groups (broad SMARTS) is 1. The van der Waals surface area contributed by atoms with Crippen molar-refractivity contribution in [2.45, 2.75) is 25.1 Å². The number of sulfonamides is 1. The minimum Gasteiger partial charge on any atom is -0.479 e. The van der Waals surface area contributed by atoms with Crippen molar-refractivity contribution >= 4 is 27.6 Å². The molecule has 0 spiro atoms. The Hall–Kier alpha value is -2.72. The summed E-state index contributed by atoms with van der Waals surface area (Å²) in [6, 6.07) is 6.04. The van der Waals surface area contributed by atoms with Crippen LogP contribution in [0.25, 0.3) is 0 Å². The largest absolute Gasteiger partial charge is 0.479 e. The third kappa shape index (κ3) is 4.64. The van der Waals surface area contributed by atoms with Gasteiger partial charge in [-0.05, 0) is 31.5 Å². The van der Waals surface area contributed by atoms with Crippen LogP contribution >= 0.6 is 0 Å². The molecule has 0 saturated carbocycles. The molecule has 1 aromatic carbocycles. The number of nitrogens with zero attached hydrogens (tertiary/aromatic N) is 2. The Bertz CT molecular complexity index is 918. The zero-order valence-electron chi connectivity index (χ0n) is 13.6. The van der Waals surface area contributed by atoms with Gasteiger partial charge in [-0.1, -0.05) is 12.1 Å². The minimum absolute atomic E-state index is 0.242. The number of amides is 1. The van der Waals surface area contributed by atoms with Crippen LogP contribution in [0.3, 0.4) is 0 Å². The van der Waals surface area contributed by atoms with Crippen molar-refractivity contribution in [2.24, 2.45) is 5.14 Å². The van der Waals surface area contributed by atoms with E-state index in [1.807, 2.05) is 0 Å². The molecule has 0 aliphatic heterocycles. The maximum absolute atomic E-state index is 12.3. The number of rotatable bonds is 6. The Kier molecular flexibility index (Phi) is 4.95. The summed E-state index contributed by atoms with van der Waals surface area (Å²) in [5.41, 5.74) is -0.321. The van der Waals surface area contributed by atoms with Crippen molar-refractivity contribution in [3.05, 3.63) is 47.8 Å². The zero-order chi connectivity index (χ0) is 18.8. The number of aliphatic carboxylic acids is 1. The Morgan fingerprint density at radius 3 is 2.64 bits per heavy atom. The summed E-state index contributed by atoms with van der Waals surface area (Å²) < 4.78 is 23.5. The first-order valence-corrected chi connectivity index (χ1v) is 8.90. The van der Waals surface area contributed by atoms with E-state index in [4.69, 9.17) is 5.14 Å². The van der Waals surface area contributed by atoms with Crippen LogP contribution in [0.2, 0.25) is 0 Å². The van der Waals surface area contributed by atoms with Gasteiger partial charge in [-0.25, -0.2) is 18.4 Å². The molecule has 0 bridgehead atoms. The average Bonchev–Trinajstić information content (AvgIpc) is 2.94. The lowest BCUT2D eigenvalue weighted by Crippen LogP contribution is -2.35. The van der Waals surface area contributed by atoms with E-state index in [9.17, 15) is 23.1 Å². The molecule has 9 nitrogen and oxygen atoms in total. The first-order chi connectivity index (χ1) is 11.5. The van der Waals surface area contributed by atoms with Crippen LogP contribution in [0.5, 0.6) is 0 Å². The van der Waals surface area contributed by atoms with E-state index in [2.05, 4.69) is 10.4 Å². The van der Waals surface area contributed by atoms with E-state index >= 15 is 0 Å². The van der Waals surface area contributed by atoms with Gasteiger partial charge in [-0.15, -0.1) is 0 Å². The van der Waals surface area contributed by atoms with E-state index < -0.39 is 27.4 Å². The molecule has 1 amide bonds. The van der Waals surface area contributed by atoms with Gasteiger partial charge in [-0.2, -0.15) is 5.10 Å². The number of aromatic nitrogens is 2. The third-order valence-corrected chi connectivity index (χ3v) is 4.23. The highest BCUT2D eigenvalue weighted by molar-refractivity contribution is 7.88. The smallest absolute Gasteiger partial charge is 0.331 e. The third-order valence-electron chi connectivity index (χ3n) is 3.49. The van der Waals surface area contributed by atoms with Gasteiger partial charge in [0.25, 0.3) is 5.91 Å². The molecule has 0 atom stereocenters. The van der Waals surface area contributed by atoms with Crippen LogP contribution in [0, 0.1) is 0 Å². The van der Waals surface area contributed by atoms with E-state index in [0.717, 1.165) is 0 Å². The van der Waals surface area contributed by atoms with Gasteiger partial charge in [0.05, 0.1) is 17.6 Å². The number of anilines is 1. The molecule has 25 heavy (non-hydrogen) atoms. The Balaban J connectivity index is 2.17. The number of benzene rings is 1. The van der Waals surface area contributed by atoms with Crippen molar-refractivity contribution in [1.29, 1.82) is 0 Å². The molecule has 134 valence electrons. The van der Waals surface area contributed by atoms with Gasteiger partial charge >= 0.3 is 5.97 Å². The summed E-state index contributed by atoms with van der Waals surface area (Å²) in [4.78, 5) is 23.5. The summed E-state index contributed by atoms with van der Waals surface area (Å²) >= 11 is 0. The monoisotopic (exact) mass is 366 g/mol. The topological polar surface area (TPSA) is 144 Å². The van der Waals surface area contributed by atoms with Crippen LogP contribution in [-0.2, 0) is 26.1 Å². The highest BCUT2D eigenvalue weighted by Gasteiger charge is 2.30. The molecular weight excluding hydrogens is 348 g/mol. The predicted octanol–water partition coefficient (Wildman–Crippen LogP) is 0.744. The van der Waals surface area contributed by atoms with Gasteiger partial charge in [0.15, 0.2) is 5.54 Å². The summed E-state index contributed by atoms with van der Waals surface area (Å²) in [5, 5.41) is 20.7. The van der Waals surface area contributed by atoms with E-state index in [1.165, 1.54) is 43.1 Å². The number of primary sulfonamides is 1. The lowest BCUT2D eigenvalue weighted by molar-refractivity contribution is -0.146. The van der Waals surface area contributed by atoms with Crippen molar-refractivity contribution in [1.82, 2.24) is 9.78 Å². The SMILES string of the molecule is CC(C)(C(=O)O)n1cc(NC(=O)c2cccc(CS(N)(=O)=O)c2)cn1. The van der Waals surface area contributed by atoms with Crippen LogP contribution in [0.4, 0.5) is 5.69 Å². The maximum atomic E-state index is 12.3. The Morgan fingerprint density at radius 1 is 1.36 bits per heavy atom. The summed E-state index contributed by atoms with van der Waals surface area (Å²) in [7, 11) is -3.70. The molecule has 0 radical (unpaired) electrons. The van der Waals surface area contributed by atoms with Crippen molar-refractivity contribution in [3.63, 3.8) is 0 Å². The summed E-state index contributed by atoms with van der Waals surface area (Å²) in [6.07, 6.45) is 2.73. The van der Waals surface area contributed by atoms with Gasteiger partial charge in [0.2, 0.25) is 10.0 Å². The second kappa shape index (κ2) is 6.65. The van der Waals surface area contributed by atoms with E-state index in [1.54, 1.807) is 12.1 Å². The lowest BCUT2D eigenvalue weighted by atomic mass is 10.1. The molecule has 0 aliphatic carbocycles. The number of nitrogens with two attached hydrogens (primary N) is 1. The molecule has 4 N–H and O–H groups in total. The van der Waals surface area contributed by atoms with Crippen LogP contribution in [0.1, 0.15) is 29.8 Å². The van der Waals surface area contributed by atoms with Crippen LogP contribution in [-0.4, -0.2) is 35.2 Å². The molecule has 0 saturated heterocycles. The number of hydrogen-bond donors (Lipinski definition) is 3. The normalized spacial score (nSPS) is 12.0. The van der Waals surface area contributed by atoms with Gasteiger partial charge < -0.3 is 10.4 Å². The molecule has 0 fully saturated rings. The predicted molar refractivity (Wildman–Crippen MR) is 90.4 cm³/mol. The first kappa shape index (κ1) is 18.6. The zero-order valence-corrected chi connectivity index (χ0v) is 14.4. The van der Waals surface area contributed by atoms with E-state index in [0.29, 0.717) is 11.3 Å². The first-order valence-electron chi connectivity index (χ1n) is 7.18. The second-order valence-corrected chi connectivity index (χ2v) is 7.61. The Morgan fingerprint density at radius 2 is 2.04 bits per heavy atom. The Labute approximate surface area is 144 Å². The number of nitrogens with one attached hydrogen (secondary N) is 1. The van der Waals surface area contributed by atoms with Gasteiger partial charge in [0.1, 0.15) is 0 Å². The molecular formula is C15H18N4O5S. The minimum atomic E-state index is -3.70. The lowest BCUT2D eigenvalue weighted by Gasteiger charge is -2.19. The molecule has 1 aromatic heterocycles. The van der Waals surface area contributed by atoms with Crippen LogP contribution < -0.4 is 10.5 Å². The molecule has 2 aromatic rings. The molecule has 2 rings (SSSR count). The van der Waals surface area contributed by atoms with Gasteiger partial charge in [0, 0.05) is 11.8 Å². The quantitative estimate of drug-likeness (QED) is 0.688. The van der Waals surface area contributed by atoms with Crippen LogP contribution in [0.15, 0.2) is 36.7 Å². The number of hydrogen-bond acceptors (Lipinski definition) is 5. The van der Waals surface area contributed by atoms with Crippen molar-refractivity contribution in [3.8, 4) is 0 Å². The van der Waals surface area contributed by atoms with Gasteiger partial charge in [-0.3, -0.25) is 9.48 Å². The number of carbonyl (C=O) groups is 2. The standard InChI is InChI=1S/C15H18N4O5S/c1-15(2,14(21)22)19-8-12(7-17-19)18-13(20)11-5-3-4-10(6-11)9-25(16,23)24/h3-8H,9H2,1-2H3,(H,18,20)(H,21,22)(H2,16,23,24). The fraction of sp³-hybridized carbons (Fsp3) is 0.267. The number of carbonyl (C=O) groups excluding carboxylic acids is 1. The van der Waals surface area contributed by atoms with Crippen molar-refractivity contribution < 1.29 is 23.1 Å². The number of carboxylic acids is 1. The highest BCUT2D eigenvalue weighted by Crippen LogP contribution is 2.18. The molecule has 0 unspecified atom stereocenters. The fourth-order valence-corrected chi connectivity index (χ4v) is 2.67. The summed E-state index contributed by atoms with van der Waals surface area (Å²) in [5.74, 6) is -1.92. The molecule has 10 heteroatoms. The van der Waals surface area contributed by atoms with E-state index in [-0.39, 0.29) is 11.3 Å². The molecule has 0 aliphatic rings. The average molecular weight is 366 g/mol. The van der Waals surface area contributed by atoms with Crippen molar-refractivity contribution in [2.75, 3.05) is 5.32 Å². The fourth-order valence-electron chi connectivity index (χ4n) is 2.03. The summed E-state index contributed by atoms with van der Waals surface area (Å²) in [6.45, 7) is 2.95. The second-order valence-electron chi connectivity index (χ2n) is 6.00. The molecule has 1 heterocycles. The maximum Gasteiger partial charge on any atom is 0.331 e. The highest BCUT2D eigenvalue weighted by atomic mass is 32.2.